The van der Waals surface area contributed by atoms with E-state index in [2.05, 4.69) is 0 Å². The van der Waals surface area contributed by atoms with Gasteiger partial charge in [-0.05, 0) is 18.1 Å². The number of hydrogen-bond acceptors (Lipinski definition) is 4. The van der Waals surface area contributed by atoms with Crippen LogP contribution in [-0.4, -0.2) is 36.9 Å². The van der Waals surface area contributed by atoms with Crippen LogP contribution in [-0.2, 0) is 4.79 Å². The number of rotatable bonds is 6. The van der Waals surface area contributed by atoms with Gasteiger partial charge in [0.05, 0.1) is 13.7 Å². The molecular weight excluding hydrogens is 258 g/mol. The van der Waals surface area contributed by atoms with Gasteiger partial charge < -0.3 is 21.1 Å². The molecule has 4 N–H and O–H groups in total. The van der Waals surface area contributed by atoms with Crippen molar-refractivity contribution in [3.05, 3.63) is 23.8 Å². The standard InChI is InChI=1S/C14H21N3O3/c1-9(2)7-17(8-12(16)18)14(19)13-10(15)5-4-6-11(13)20-3/h4-6,9H,7-8,15H2,1-3H3,(H2,16,18). The Labute approximate surface area is 118 Å². The van der Waals surface area contributed by atoms with Crippen LogP contribution in [0.25, 0.3) is 0 Å². The summed E-state index contributed by atoms with van der Waals surface area (Å²) in [6.07, 6.45) is 0. The van der Waals surface area contributed by atoms with Crippen molar-refractivity contribution in [3.8, 4) is 5.75 Å². The maximum Gasteiger partial charge on any atom is 0.260 e. The van der Waals surface area contributed by atoms with E-state index in [1.54, 1.807) is 18.2 Å². The SMILES string of the molecule is COc1cccc(N)c1C(=O)N(CC(N)=O)CC(C)C. The van der Waals surface area contributed by atoms with Gasteiger partial charge in [0, 0.05) is 12.2 Å². The molecule has 0 heterocycles. The van der Waals surface area contributed by atoms with E-state index in [9.17, 15) is 9.59 Å². The zero-order valence-electron chi connectivity index (χ0n) is 12.1. The lowest BCUT2D eigenvalue weighted by Crippen LogP contribution is -2.41. The Hall–Kier alpha value is -2.24. The summed E-state index contributed by atoms with van der Waals surface area (Å²) in [5.74, 6) is -0.331. The Bertz CT molecular complexity index is 500. The minimum absolute atomic E-state index is 0.144. The summed E-state index contributed by atoms with van der Waals surface area (Å²) in [5, 5.41) is 0. The molecule has 6 heteroatoms. The molecule has 1 rings (SSSR count). The van der Waals surface area contributed by atoms with Gasteiger partial charge in [0.2, 0.25) is 5.91 Å². The van der Waals surface area contributed by atoms with Crippen molar-refractivity contribution < 1.29 is 14.3 Å². The van der Waals surface area contributed by atoms with Crippen LogP contribution in [0.15, 0.2) is 18.2 Å². The lowest BCUT2D eigenvalue weighted by molar-refractivity contribution is -0.118. The molecule has 0 aliphatic rings. The van der Waals surface area contributed by atoms with Crippen molar-refractivity contribution in [2.45, 2.75) is 13.8 Å². The molecule has 0 bridgehead atoms. The van der Waals surface area contributed by atoms with E-state index >= 15 is 0 Å². The van der Waals surface area contributed by atoms with Crippen molar-refractivity contribution in [2.24, 2.45) is 11.7 Å². The lowest BCUT2D eigenvalue weighted by Gasteiger charge is -2.24. The van der Waals surface area contributed by atoms with Gasteiger partial charge in [0.1, 0.15) is 11.3 Å². The third kappa shape index (κ3) is 3.88. The predicted molar refractivity (Wildman–Crippen MR) is 77.3 cm³/mol. The number of carbonyl (C=O) groups excluding carboxylic acids is 2. The molecule has 1 aromatic carbocycles. The van der Waals surface area contributed by atoms with Crippen LogP contribution in [0.1, 0.15) is 24.2 Å². The molecule has 0 radical (unpaired) electrons. The van der Waals surface area contributed by atoms with Crippen LogP contribution in [0.2, 0.25) is 0 Å². The highest BCUT2D eigenvalue weighted by atomic mass is 16.5. The van der Waals surface area contributed by atoms with Crippen LogP contribution in [0.4, 0.5) is 5.69 Å². The van der Waals surface area contributed by atoms with E-state index in [-0.39, 0.29) is 23.9 Å². The summed E-state index contributed by atoms with van der Waals surface area (Å²) >= 11 is 0. The van der Waals surface area contributed by atoms with E-state index in [0.717, 1.165) is 0 Å². The van der Waals surface area contributed by atoms with Crippen LogP contribution >= 0.6 is 0 Å². The number of anilines is 1. The maximum absolute atomic E-state index is 12.6. The smallest absolute Gasteiger partial charge is 0.260 e. The maximum atomic E-state index is 12.6. The number of nitrogen functional groups attached to an aromatic ring is 1. The first-order valence-corrected chi connectivity index (χ1v) is 6.36. The van der Waals surface area contributed by atoms with Gasteiger partial charge >= 0.3 is 0 Å². The molecule has 1 aromatic rings. The number of hydrogen-bond donors (Lipinski definition) is 2. The molecule has 0 aromatic heterocycles. The minimum Gasteiger partial charge on any atom is -0.496 e. The number of benzene rings is 1. The Morgan fingerprint density at radius 2 is 2.00 bits per heavy atom. The number of primary amides is 1. The topological polar surface area (TPSA) is 98.7 Å². The van der Waals surface area contributed by atoms with E-state index in [4.69, 9.17) is 16.2 Å². The average molecular weight is 279 g/mol. The second-order valence-electron chi connectivity index (χ2n) is 4.97. The van der Waals surface area contributed by atoms with Crippen molar-refractivity contribution >= 4 is 17.5 Å². The normalized spacial score (nSPS) is 10.4. The molecule has 20 heavy (non-hydrogen) atoms. The third-order valence-corrected chi connectivity index (χ3v) is 2.71. The second kappa shape index (κ2) is 6.79. The molecule has 0 aliphatic heterocycles. The molecule has 0 aliphatic carbocycles. The Kier molecular flexibility index (Phi) is 5.37. The van der Waals surface area contributed by atoms with Gasteiger partial charge in [-0.15, -0.1) is 0 Å². The molecule has 0 atom stereocenters. The predicted octanol–water partition coefficient (Wildman–Crippen LogP) is 0.861. The fourth-order valence-corrected chi connectivity index (χ4v) is 1.95. The van der Waals surface area contributed by atoms with Gasteiger partial charge in [-0.3, -0.25) is 9.59 Å². The van der Waals surface area contributed by atoms with E-state index in [1.807, 2.05) is 13.8 Å². The van der Waals surface area contributed by atoms with E-state index in [0.29, 0.717) is 18.0 Å². The zero-order chi connectivity index (χ0) is 15.3. The van der Waals surface area contributed by atoms with E-state index in [1.165, 1.54) is 12.0 Å². The van der Waals surface area contributed by atoms with Gasteiger partial charge in [0.25, 0.3) is 5.91 Å². The van der Waals surface area contributed by atoms with Crippen LogP contribution in [0.3, 0.4) is 0 Å². The van der Waals surface area contributed by atoms with Crippen molar-refractivity contribution in [1.29, 1.82) is 0 Å². The average Bonchev–Trinajstić information content (AvgIpc) is 2.35. The highest BCUT2D eigenvalue weighted by Gasteiger charge is 2.23. The fourth-order valence-electron chi connectivity index (χ4n) is 1.95. The number of carbonyl (C=O) groups is 2. The molecule has 0 spiro atoms. The summed E-state index contributed by atoms with van der Waals surface area (Å²) < 4.78 is 5.16. The molecule has 0 unspecified atom stereocenters. The minimum atomic E-state index is -0.563. The molecular formula is C14H21N3O3. The summed E-state index contributed by atoms with van der Waals surface area (Å²) in [7, 11) is 1.46. The first-order chi connectivity index (χ1) is 9.36. The molecule has 0 saturated carbocycles. The Balaban J connectivity index is 3.14. The quantitative estimate of drug-likeness (QED) is 0.754. The highest BCUT2D eigenvalue weighted by molar-refractivity contribution is 6.03. The molecule has 0 fully saturated rings. The number of nitrogens with zero attached hydrogens (tertiary/aromatic N) is 1. The van der Waals surface area contributed by atoms with Gasteiger partial charge in [0.15, 0.2) is 0 Å². The molecule has 110 valence electrons. The number of amides is 2. The van der Waals surface area contributed by atoms with Gasteiger partial charge in [-0.1, -0.05) is 19.9 Å². The third-order valence-electron chi connectivity index (χ3n) is 2.71. The fraction of sp³-hybridized carbons (Fsp3) is 0.429. The second-order valence-corrected chi connectivity index (χ2v) is 4.97. The first-order valence-electron chi connectivity index (χ1n) is 6.36. The molecule has 2 amide bonds. The Morgan fingerprint density at radius 3 is 2.50 bits per heavy atom. The summed E-state index contributed by atoms with van der Waals surface area (Å²) in [4.78, 5) is 25.1. The van der Waals surface area contributed by atoms with Gasteiger partial charge in [-0.25, -0.2) is 0 Å². The van der Waals surface area contributed by atoms with E-state index < -0.39 is 5.91 Å². The Morgan fingerprint density at radius 1 is 1.35 bits per heavy atom. The monoisotopic (exact) mass is 279 g/mol. The zero-order valence-corrected chi connectivity index (χ0v) is 12.1. The molecule has 0 saturated heterocycles. The van der Waals surface area contributed by atoms with Crippen molar-refractivity contribution in [3.63, 3.8) is 0 Å². The molecule has 6 nitrogen and oxygen atoms in total. The summed E-state index contributed by atoms with van der Waals surface area (Å²) in [6.45, 7) is 4.17. The largest absolute Gasteiger partial charge is 0.496 e. The highest BCUT2D eigenvalue weighted by Crippen LogP contribution is 2.26. The lowest BCUT2D eigenvalue weighted by atomic mass is 10.1. The summed E-state index contributed by atoms with van der Waals surface area (Å²) in [6, 6.07) is 4.97. The van der Waals surface area contributed by atoms with Crippen molar-refractivity contribution in [2.75, 3.05) is 25.9 Å². The van der Waals surface area contributed by atoms with Crippen LogP contribution in [0.5, 0.6) is 5.75 Å². The van der Waals surface area contributed by atoms with Crippen LogP contribution < -0.4 is 16.2 Å². The van der Waals surface area contributed by atoms with Crippen molar-refractivity contribution in [1.82, 2.24) is 4.90 Å². The van der Waals surface area contributed by atoms with Gasteiger partial charge in [-0.2, -0.15) is 0 Å². The first kappa shape index (κ1) is 15.8. The number of ether oxygens (including phenoxy) is 1. The van der Waals surface area contributed by atoms with Crippen LogP contribution in [0, 0.1) is 5.92 Å². The summed E-state index contributed by atoms with van der Waals surface area (Å²) in [5.41, 5.74) is 11.6. The number of methoxy groups -OCH3 is 1. The number of nitrogens with two attached hydrogens (primary N) is 2.